The van der Waals surface area contributed by atoms with Gasteiger partial charge in [-0.1, -0.05) is 32.0 Å². The maximum atomic E-state index is 6.40. The highest BCUT2D eigenvalue weighted by Crippen LogP contribution is 2.56. The molecule has 2 N–H and O–H groups in total. The highest BCUT2D eigenvalue weighted by Gasteiger charge is 2.50. The van der Waals surface area contributed by atoms with Crippen LogP contribution in [0.5, 0.6) is 0 Å². The van der Waals surface area contributed by atoms with Gasteiger partial charge in [-0.25, -0.2) is 4.68 Å². The summed E-state index contributed by atoms with van der Waals surface area (Å²) in [6, 6.07) is 12.3. The van der Waals surface area contributed by atoms with Crippen LogP contribution in [0.3, 0.4) is 0 Å². The minimum Gasteiger partial charge on any atom is -0.322 e. The van der Waals surface area contributed by atoms with Gasteiger partial charge in [0.15, 0.2) is 0 Å². The molecule has 1 fully saturated rings. The molecule has 0 saturated heterocycles. The predicted octanol–water partition coefficient (Wildman–Crippen LogP) is 2.92. The quantitative estimate of drug-likeness (QED) is 0.898. The molecule has 1 aliphatic rings. The van der Waals surface area contributed by atoms with Gasteiger partial charge in [0.2, 0.25) is 0 Å². The molecule has 3 rings (SSSR count). The number of para-hydroxylation sites is 1. The molecule has 2 unspecified atom stereocenters. The third-order valence-corrected chi connectivity index (χ3v) is 4.04. The second kappa shape index (κ2) is 3.95. The SMILES string of the molecule is CC1(C)CC1C(N)c1ccnn1-c1ccccc1. The van der Waals surface area contributed by atoms with Crippen molar-refractivity contribution in [2.24, 2.45) is 17.1 Å². The second-order valence-electron chi connectivity index (χ2n) is 5.83. The van der Waals surface area contributed by atoms with Crippen molar-refractivity contribution in [3.05, 3.63) is 48.3 Å². The van der Waals surface area contributed by atoms with E-state index < -0.39 is 0 Å². The standard InChI is InChI=1S/C15H19N3/c1-15(2)10-12(15)14(16)13-8-9-17-18(13)11-6-4-3-5-7-11/h3-9,12,14H,10,16H2,1-2H3. The van der Waals surface area contributed by atoms with Gasteiger partial charge in [-0.15, -0.1) is 0 Å². The second-order valence-corrected chi connectivity index (χ2v) is 5.83. The monoisotopic (exact) mass is 241 g/mol. The first-order chi connectivity index (χ1) is 8.59. The minimum atomic E-state index is 0.0720. The lowest BCUT2D eigenvalue weighted by Gasteiger charge is -2.15. The molecule has 0 amide bonds. The first kappa shape index (κ1) is 11.5. The molecule has 94 valence electrons. The molecular formula is C15H19N3. The van der Waals surface area contributed by atoms with Crippen molar-refractivity contribution in [3.63, 3.8) is 0 Å². The van der Waals surface area contributed by atoms with Crippen LogP contribution in [0.4, 0.5) is 0 Å². The van der Waals surface area contributed by atoms with Crippen molar-refractivity contribution in [2.45, 2.75) is 26.3 Å². The third-order valence-electron chi connectivity index (χ3n) is 4.04. The van der Waals surface area contributed by atoms with E-state index in [1.807, 2.05) is 35.1 Å². The third kappa shape index (κ3) is 1.85. The van der Waals surface area contributed by atoms with Gasteiger partial charge in [0.1, 0.15) is 0 Å². The Morgan fingerprint density at radius 1 is 1.28 bits per heavy atom. The molecular weight excluding hydrogens is 222 g/mol. The Morgan fingerprint density at radius 2 is 1.94 bits per heavy atom. The Kier molecular flexibility index (Phi) is 2.52. The van der Waals surface area contributed by atoms with Crippen molar-refractivity contribution in [3.8, 4) is 5.69 Å². The summed E-state index contributed by atoms with van der Waals surface area (Å²) in [5.41, 5.74) is 8.96. The lowest BCUT2D eigenvalue weighted by atomic mass is 10.0. The van der Waals surface area contributed by atoms with Gasteiger partial charge in [-0.3, -0.25) is 0 Å². The topological polar surface area (TPSA) is 43.8 Å². The number of hydrogen-bond donors (Lipinski definition) is 1. The lowest BCUT2D eigenvalue weighted by Crippen LogP contribution is -2.19. The molecule has 1 heterocycles. The van der Waals surface area contributed by atoms with E-state index in [1.165, 1.54) is 6.42 Å². The van der Waals surface area contributed by atoms with Crippen LogP contribution in [0.25, 0.3) is 5.69 Å². The Bertz CT molecular complexity index is 542. The minimum absolute atomic E-state index is 0.0720. The summed E-state index contributed by atoms with van der Waals surface area (Å²) in [4.78, 5) is 0. The van der Waals surface area contributed by atoms with Gasteiger partial charge >= 0.3 is 0 Å². The van der Waals surface area contributed by atoms with E-state index in [1.54, 1.807) is 0 Å². The highest BCUT2D eigenvalue weighted by atomic mass is 15.3. The smallest absolute Gasteiger partial charge is 0.0649 e. The average Bonchev–Trinajstić information content (AvgIpc) is 2.80. The van der Waals surface area contributed by atoms with E-state index >= 15 is 0 Å². The Morgan fingerprint density at radius 3 is 2.56 bits per heavy atom. The highest BCUT2D eigenvalue weighted by molar-refractivity contribution is 5.33. The molecule has 2 atom stereocenters. The van der Waals surface area contributed by atoms with Crippen molar-refractivity contribution in [1.29, 1.82) is 0 Å². The Balaban J connectivity index is 1.93. The largest absolute Gasteiger partial charge is 0.322 e. The molecule has 3 nitrogen and oxygen atoms in total. The molecule has 1 saturated carbocycles. The number of nitrogens with two attached hydrogens (primary N) is 1. The maximum absolute atomic E-state index is 6.40. The fourth-order valence-electron chi connectivity index (χ4n) is 2.68. The molecule has 0 spiro atoms. The van der Waals surface area contributed by atoms with Gasteiger partial charge < -0.3 is 5.73 Å². The van der Waals surface area contributed by atoms with E-state index in [0.29, 0.717) is 11.3 Å². The van der Waals surface area contributed by atoms with E-state index in [-0.39, 0.29) is 6.04 Å². The van der Waals surface area contributed by atoms with E-state index in [4.69, 9.17) is 5.73 Å². The summed E-state index contributed by atoms with van der Waals surface area (Å²) >= 11 is 0. The summed E-state index contributed by atoms with van der Waals surface area (Å²) in [6.45, 7) is 4.56. The number of benzene rings is 1. The van der Waals surface area contributed by atoms with Crippen LogP contribution in [0.1, 0.15) is 32.0 Å². The molecule has 0 bridgehead atoms. The van der Waals surface area contributed by atoms with Crippen LogP contribution in [0.2, 0.25) is 0 Å². The van der Waals surface area contributed by atoms with E-state index in [0.717, 1.165) is 11.4 Å². The molecule has 18 heavy (non-hydrogen) atoms. The van der Waals surface area contributed by atoms with Crippen LogP contribution >= 0.6 is 0 Å². The molecule has 1 aromatic carbocycles. The summed E-state index contributed by atoms with van der Waals surface area (Å²) in [6.07, 6.45) is 3.03. The summed E-state index contributed by atoms with van der Waals surface area (Å²) in [5, 5.41) is 4.40. The molecule has 2 aromatic rings. The van der Waals surface area contributed by atoms with Gasteiger partial charge in [0, 0.05) is 6.20 Å². The van der Waals surface area contributed by atoms with Gasteiger partial charge in [-0.05, 0) is 36.0 Å². The zero-order valence-corrected chi connectivity index (χ0v) is 10.9. The van der Waals surface area contributed by atoms with Gasteiger partial charge in [0.25, 0.3) is 0 Å². The molecule has 0 radical (unpaired) electrons. The van der Waals surface area contributed by atoms with Crippen LogP contribution in [0, 0.1) is 11.3 Å². The molecule has 1 aliphatic carbocycles. The van der Waals surface area contributed by atoms with E-state index in [9.17, 15) is 0 Å². The van der Waals surface area contributed by atoms with Crippen molar-refractivity contribution in [2.75, 3.05) is 0 Å². The Hall–Kier alpha value is -1.61. The summed E-state index contributed by atoms with van der Waals surface area (Å²) in [7, 11) is 0. The molecule has 0 aliphatic heterocycles. The van der Waals surface area contributed by atoms with Gasteiger partial charge in [-0.2, -0.15) is 5.10 Å². The fraction of sp³-hybridized carbons (Fsp3) is 0.400. The van der Waals surface area contributed by atoms with Crippen LogP contribution in [-0.4, -0.2) is 9.78 Å². The Labute approximate surface area is 108 Å². The zero-order chi connectivity index (χ0) is 12.8. The average molecular weight is 241 g/mol. The fourth-order valence-corrected chi connectivity index (χ4v) is 2.68. The summed E-state index contributed by atoms with van der Waals surface area (Å²) in [5.74, 6) is 0.566. The van der Waals surface area contributed by atoms with Crippen LogP contribution < -0.4 is 5.73 Å². The number of aromatic nitrogens is 2. The van der Waals surface area contributed by atoms with E-state index in [2.05, 4.69) is 31.1 Å². The van der Waals surface area contributed by atoms with Crippen molar-refractivity contribution in [1.82, 2.24) is 9.78 Å². The van der Waals surface area contributed by atoms with Crippen LogP contribution in [-0.2, 0) is 0 Å². The zero-order valence-electron chi connectivity index (χ0n) is 10.9. The molecule has 1 aromatic heterocycles. The first-order valence-corrected chi connectivity index (χ1v) is 6.44. The normalized spacial score (nSPS) is 22.7. The number of nitrogens with zero attached hydrogens (tertiary/aromatic N) is 2. The number of rotatable bonds is 3. The van der Waals surface area contributed by atoms with Crippen molar-refractivity contribution < 1.29 is 0 Å². The predicted molar refractivity (Wildman–Crippen MR) is 72.4 cm³/mol. The van der Waals surface area contributed by atoms with Gasteiger partial charge in [0.05, 0.1) is 17.4 Å². The molecule has 3 heteroatoms. The summed E-state index contributed by atoms with van der Waals surface area (Å²) < 4.78 is 1.96. The number of hydrogen-bond acceptors (Lipinski definition) is 2. The lowest BCUT2D eigenvalue weighted by molar-refractivity contribution is 0.476. The first-order valence-electron chi connectivity index (χ1n) is 6.44. The van der Waals surface area contributed by atoms with Crippen LogP contribution in [0.15, 0.2) is 42.6 Å². The van der Waals surface area contributed by atoms with Crippen molar-refractivity contribution >= 4 is 0 Å². The maximum Gasteiger partial charge on any atom is 0.0649 e.